The van der Waals surface area contributed by atoms with Gasteiger partial charge in [0, 0.05) is 24.2 Å². The van der Waals surface area contributed by atoms with Crippen LogP contribution in [0.1, 0.15) is 54.2 Å². The average Bonchev–Trinajstić information content (AvgIpc) is 3.15. The van der Waals surface area contributed by atoms with Crippen LogP contribution in [0, 0.1) is 6.92 Å². The molecule has 3 rings (SSSR count). The summed E-state index contributed by atoms with van der Waals surface area (Å²) in [6.45, 7) is 15.2. The van der Waals surface area contributed by atoms with Crippen LogP contribution in [0.2, 0.25) is 0 Å². The molecule has 8 heteroatoms. The maximum absolute atomic E-state index is 13.1. The maximum Gasteiger partial charge on any atom is 0.188 e. The Kier molecular flexibility index (Phi) is 6.47. The number of hydrogen-bond donors (Lipinski definition) is 0. The van der Waals surface area contributed by atoms with E-state index in [1.54, 1.807) is 43.6 Å². The van der Waals surface area contributed by atoms with Gasteiger partial charge in [-0.15, -0.1) is 0 Å². The van der Waals surface area contributed by atoms with E-state index in [9.17, 15) is 8.42 Å². The molecule has 1 fully saturated rings. The highest BCUT2D eigenvalue weighted by Crippen LogP contribution is 2.34. The molecule has 0 saturated carbocycles. The van der Waals surface area contributed by atoms with Crippen LogP contribution in [0.25, 0.3) is 5.65 Å². The van der Waals surface area contributed by atoms with Gasteiger partial charge in [0.05, 0.1) is 11.4 Å². The molecule has 1 saturated heterocycles. The summed E-state index contributed by atoms with van der Waals surface area (Å²) < 4.78 is 44.1. The van der Waals surface area contributed by atoms with Crippen molar-refractivity contribution in [3.05, 3.63) is 24.2 Å². The SMILES string of the molecule is CC.Cc1cnc2cc(OCC3COC(C)(C)O3)c(S(=O)(=O)C(C)(C)C)cn12. The Morgan fingerprint density at radius 2 is 1.96 bits per heavy atom. The molecule has 0 N–H and O–H groups in total. The summed E-state index contributed by atoms with van der Waals surface area (Å²) >= 11 is 0. The lowest BCUT2D eigenvalue weighted by Gasteiger charge is -2.22. The molecule has 7 nitrogen and oxygen atoms in total. The predicted octanol–water partition coefficient (Wildman–Crippen LogP) is 3.77. The quantitative estimate of drug-likeness (QED) is 0.761. The van der Waals surface area contributed by atoms with Crippen molar-refractivity contribution in [2.75, 3.05) is 13.2 Å². The zero-order valence-corrected chi connectivity index (χ0v) is 18.9. The van der Waals surface area contributed by atoms with E-state index in [2.05, 4.69) is 4.98 Å². The Bertz CT molecular complexity index is 926. The minimum absolute atomic E-state index is 0.150. The molecule has 0 bridgehead atoms. The Hall–Kier alpha value is -1.64. The summed E-state index contributed by atoms with van der Waals surface area (Å²) in [5, 5.41) is 0. The lowest BCUT2D eigenvalue weighted by atomic mass is 10.3. The molecule has 0 amide bonds. The second-order valence-corrected chi connectivity index (χ2v) is 10.7. The topological polar surface area (TPSA) is 79.1 Å². The predicted molar refractivity (Wildman–Crippen MR) is 109 cm³/mol. The fraction of sp³-hybridized carbons (Fsp3) is 0.650. The van der Waals surface area contributed by atoms with Gasteiger partial charge < -0.3 is 18.6 Å². The van der Waals surface area contributed by atoms with Gasteiger partial charge in [-0.3, -0.25) is 0 Å². The molecule has 2 aromatic heterocycles. The molecule has 3 heterocycles. The van der Waals surface area contributed by atoms with E-state index in [1.807, 2.05) is 34.6 Å². The molecule has 0 radical (unpaired) electrons. The number of ether oxygens (including phenoxy) is 3. The highest BCUT2D eigenvalue weighted by molar-refractivity contribution is 7.92. The molecule has 2 aromatic rings. The molecule has 0 aromatic carbocycles. The Balaban J connectivity index is 0.00000136. The summed E-state index contributed by atoms with van der Waals surface area (Å²) in [7, 11) is -3.61. The zero-order valence-electron chi connectivity index (χ0n) is 18.1. The largest absolute Gasteiger partial charge is 0.489 e. The Morgan fingerprint density at radius 1 is 1.32 bits per heavy atom. The first-order chi connectivity index (χ1) is 12.9. The van der Waals surface area contributed by atoms with E-state index in [-0.39, 0.29) is 23.4 Å². The first kappa shape index (κ1) is 22.6. The number of imidazole rings is 1. The third-order valence-electron chi connectivity index (χ3n) is 4.35. The van der Waals surface area contributed by atoms with Crippen LogP contribution in [-0.4, -0.2) is 47.7 Å². The van der Waals surface area contributed by atoms with Crippen molar-refractivity contribution in [1.82, 2.24) is 9.38 Å². The summed E-state index contributed by atoms with van der Waals surface area (Å²) in [5.74, 6) is -0.371. The fourth-order valence-corrected chi connectivity index (χ4v) is 4.07. The number of pyridine rings is 1. The number of aryl methyl sites for hydroxylation is 1. The van der Waals surface area contributed by atoms with Crippen LogP contribution in [-0.2, 0) is 19.3 Å². The molecule has 28 heavy (non-hydrogen) atoms. The van der Waals surface area contributed by atoms with Crippen molar-refractivity contribution in [1.29, 1.82) is 0 Å². The monoisotopic (exact) mass is 412 g/mol. The van der Waals surface area contributed by atoms with Gasteiger partial charge in [-0.25, -0.2) is 13.4 Å². The van der Waals surface area contributed by atoms with Crippen molar-refractivity contribution in [3.8, 4) is 5.75 Å². The molecular formula is C20H32N2O5S. The smallest absolute Gasteiger partial charge is 0.188 e. The van der Waals surface area contributed by atoms with E-state index in [1.165, 1.54) is 0 Å². The number of rotatable bonds is 4. The fourth-order valence-electron chi connectivity index (χ4n) is 2.78. The van der Waals surface area contributed by atoms with Crippen LogP contribution in [0.3, 0.4) is 0 Å². The maximum atomic E-state index is 13.1. The number of aromatic nitrogens is 2. The second kappa shape index (κ2) is 8.00. The first-order valence-corrected chi connectivity index (χ1v) is 11.1. The number of hydrogen-bond acceptors (Lipinski definition) is 6. The molecule has 1 aliphatic heterocycles. The molecular weight excluding hydrogens is 380 g/mol. The summed E-state index contributed by atoms with van der Waals surface area (Å²) in [4.78, 5) is 4.45. The van der Waals surface area contributed by atoms with E-state index >= 15 is 0 Å². The molecule has 1 atom stereocenters. The van der Waals surface area contributed by atoms with Crippen LogP contribution < -0.4 is 4.74 Å². The Morgan fingerprint density at radius 3 is 2.50 bits per heavy atom. The van der Waals surface area contributed by atoms with Crippen molar-refractivity contribution >= 4 is 15.5 Å². The lowest BCUT2D eigenvalue weighted by molar-refractivity contribution is -0.141. The summed E-state index contributed by atoms with van der Waals surface area (Å²) in [6.07, 6.45) is 3.03. The summed E-state index contributed by atoms with van der Waals surface area (Å²) in [6, 6.07) is 1.66. The molecule has 1 unspecified atom stereocenters. The highest BCUT2D eigenvalue weighted by Gasteiger charge is 2.36. The van der Waals surface area contributed by atoms with Gasteiger partial charge >= 0.3 is 0 Å². The third kappa shape index (κ3) is 4.50. The zero-order chi connectivity index (χ0) is 21.3. The highest BCUT2D eigenvalue weighted by atomic mass is 32.2. The van der Waals surface area contributed by atoms with Crippen LogP contribution in [0.15, 0.2) is 23.4 Å². The van der Waals surface area contributed by atoms with Crippen molar-refractivity contribution < 1.29 is 22.6 Å². The van der Waals surface area contributed by atoms with E-state index < -0.39 is 20.4 Å². The van der Waals surface area contributed by atoms with Crippen molar-refractivity contribution in [2.24, 2.45) is 0 Å². The summed E-state index contributed by atoms with van der Waals surface area (Å²) in [5.41, 5.74) is 1.49. The van der Waals surface area contributed by atoms with Crippen LogP contribution >= 0.6 is 0 Å². The van der Waals surface area contributed by atoms with Gasteiger partial charge in [0.15, 0.2) is 15.6 Å². The number of sulfone groups is 1. The van der Waals surface area contributed by atoms with Gasteiger partial charge in [-0.2, -0.15) is 0 Å². The van der Waals surface area contributed by atoms with Crippen molar-refractivity contribution in [3.63, 3.8) is 0 Å². The number of fused-ring (bicyclic) bond motifs is 1. The molecule has 158 valence electrons. The van der Waals surface area contributed by atoms with Gasteiger partial charge in [0.1, 0.15) is 29.0 Å². The standard InChI is InChI=1S/C18H26N2O5S.C2H6/c1-12-8-19-16-7-14(23-10-13-11-24-18(5,6)25-13)15(9-20(12)16)26(21,22)17(2,3)4;1-2/h7-9,13H,10-11H2,1-6H3;1-2H3. The lowest BCUT2D eigenvalue weighted by Crippen LogP contribution is -2.29. The van der Waals surface area contributed by atoms with Crippen LogP contribution in [0.5, 0.6) is 5.75 Å². The molecule has 0 spiro atoms. The molecule has 1 aliphatic rings. The van der Waals surface area contributed by atoms with E-state index in [0.717, 1.165) is 5.69 Å². The third-order valence-corrected chi connectivity index (χ3v) is 6.85. The van der Waals surface area contributed by atoms with E-state index in [0.29, 0.717) is 12.3 Å². The van der Waals surface area contributed by atoms with Crippen LogP contribution in [0.4, 0.5) is 0 Å². The first-order valence-electron chi connectivity index (χ1n) is 9.58. The average molecular weight is 413 g/mol. The normalized spacial score (nSPS) is 19.4. The van der Waals surface area contributed by atoms with Crippen molar-refractivity contribution in [2.45, 2.75) is 76.9 Å². The van der Waals surface area contributed by atoms with Gasteiger partial charge in [0.25, 0.3) is 0 Å². The number of nitrogens with zero attached hydrogens (tertiary/aromatic N) is 2. The van der Waals surface area contributed by atoms with E-state index in [4.69, 9.17) is 14.2 Å². The molecule has 0 aliphatic carbocycles. The minimum atomic E-state index is -3.61. The minimum Gasteiger partial charge on any atom is -0.489 e. The second-order valence-electron chi connectivity index (χ2n) is 8.01. The Labute approximate surface area is 167 Å². The van der Waals surface area contributed by atoms with Gasteiger partial charge in [0.2, 0.25) is 0 Å². The van der Waals surface area contributed by atoms with Gasteiger partial charge in [-0.05, 0) is 41.5 Å². The van der Waals surface area contributed by atoms with Gasteiger partial charge in [-0.1, -0.05) is 13.8 Å².